The molecule has 0 aliphatic heterocycles. The van der Waals surface area contributed by atoms with Gasteiger partial charge in [-0.2, -0.15) is 0 Å². The third kappa shape index (κ3) is 4.00. The summed E-state index contributed by atoms with van der Waals surface area (Å²) in [7, 11) is 0. The Morgan fingerprint density at radius 2 is 2.10 bits per heavy atom. The molecule has 1 N–H and O–H groups in total. The van der Waals surface area contributed by atoms with Crippen LogP contribution in [0.2, 0.25) is 0 Å². The maximum Gasteiger partial charge on any atom is 0.146 e. The van der Waals surface area contributed by atoms with Gasteiger partial charge in [0.05, 0.1) is 11.4 Å². The Morgan fingerprint density at radius 3 is 2.71 bits per heavy atom. The lowest BCUT2D eigenvalue weighted by Gasteiger charge is -2.22. The van der Waals surface area contributed by atoms with Crippen LogP contribution in [0.4, 0.5) is 10.1 Å². The predicted molar refractivity (Wildman–Crippen MR) is 80.9 cm³/mol. The lowest BCUT2D eigenvalue weighted by atomic mass is 9.97. The van der Waals surface area contributed by atoms with Crippen LogP contribution in [0, 0.1) is 11.7 Å². The van der Waals surface area contributed by atoms with Crippen molar-refractivity contribution in [2.75, 3.05) is 5.32 Å². The minimum atomic E-state index is -0.255. The second kappa shape index (κ2) is 7.15. The van der Waals surface area contributed by atoms with Crippen LogP contribution in [0.15, 0.2) is 24.5 Å². The molecule has 6 heteroatoms. The molecule has 0 bridgehead atoms. The molecule has 114 valence electrons. The molecule has 0 amide bonds. The molecule has 2 atom stereocenters. The van der Waals surface area contributed by atoms with Gasteiger partial charge in [-0.15, -0.1) is 5.10 Å². The van der Waals surface area contributed by atoms with E-state index in [1.165, 1.54) is 17.1 Å². The van der Waals surface area contributed by atoms with Gasteiger partial charge in [-0.1, -0.05) is 27.2 Å². The summed E-state index contributed by atoms with van der Waals surface area (Å²) in [5, 5.41) is 14.3. The van der Waals surface area contributed by atoms with Crippen LogP contribution in [0.1, 0.15) is 40.0 Å². The van der Waals surface area contributed by atoms with Crippen molar-refractivity contribution in [3.63, 3.8) is 0 Å². The number of hydrogen-bond donors (Lipinski definition) is 1. The third-order valence-corrected chi connectivity index (χ3v) is 3.80. The first-order valence-corrected chi connectivity index (χ1v) is 7.43. The van der Waals surface area contributed by atoms with E-state index >= 15 is 0 Å². The summed E-state index contributed by atoms with van der Waals surface area (Å²) in [6, 6.07) is 5.10. The van der Waals surface area contributed by atoms with E-state index in [-0.39, 0.29) is 11.9 Å². The zero-order valence-corrected chi connectivity index (χ0v) is 12.8. The Morgan fingerprint density at radius 1 is 1.29 bits per heavy atom. The van der Waals surface area contributed by atoms with Crippen molar-refractivity contribution < 1.29 is 4.39 Å². The first kappa shape index (κ1) is 15.4. The van der Waals surface area contributed by atoms with E-state index in [1.54, 1.807) is 12.1 Å². The highest BCUT2D eigenvalue weighted by Crippen LogP contribution is 2.22. The molecule has 5 nitrogen and oxygen atoms in total. The number of nitrogens with one attached hydrogen (secondary N) is 1. The molecule has 0 radical (unpaired) electrons. The molecule has 21 heavy (non-hydrogen) atoms. The minimum Gasteiger partial charge on any atom is -0.380 e. The number of hydrogen-bond acceptors (Lipinski definition) is 4. The van der Waals surface area contributed by atoms with E-state index in [9.17, 15) is 4.39 Å². The van der Waals surface area contributed by atoms with Gasteiger partial charge in [0.15, 0.2) is 0 Å². The molecule has 0 saturated carbocycles. The topological polar surface area (TPSA) is 55.6 Å². The van der Waals surface area contributed by atoms with Crippen LogP contribution in [-0.4, -0.2) is 26.2 Å². The normalized spacial score (nSPS) is 13.9. The SMILES string of the molecule is CCC(C)CC(CC)Nc1cc(-n2cnnn2)ccc1F. The first-order valence-electron chi connectivity index (χ1n) is 7.43. The van der Waals surface area contributed by atoms with Crippen molar-refractivity contribution in [1.82, 2.24) is 20.2 Å². The molecule has 1 aromatic carbocycles. The molecule has 0 aliphatic carbocycles. The van der Waals surface area contributed by atoms with Gasteiger partial charge in [-0.3, -0.25) is 0 Å². The Kier molecular flexibility index (Phi) is 5.25. The second-order valence-corrected chi connectivity index (χ2v) is 5.42. The maximum atomic E-state index is 14.0. The lowest BCUT2D eigenvalue weighted by molar-refractivity contribution is 0.460. The molecule has 2 aromatic rings. The van der Waals surface area contributed by atoms with E-state index in [0.717, 1.165) is 24.9 Å². The highest BCUT2D eigenvalue weighted by Gasteiger charge is 2.13. The number of anilines is 1. The molecular weight excluding hydrogens is 269 g/mol. The Bertz CT molecular complexity index is 555. The fourth-order valence-corrected chi connectivity index (χ4v) is 2.25. The molecule has 0 aliphatic rings. The summed E-state index contributed by atoms with van der Waals surface area (Å²) in [4.78, 5) is 0. The Hall–Kier alpha value is -1.98. The Balaban J connectivity index is 2.16. The number of nitrogens with zero attached hydrogens (tertiary/aromatic N) is 4. The summed E-state index contributed by atoms with van der Waals surface area (Å²) < 4.78 is 15.5. The van der Waals surface area contributed by atoms with Gasteiger partial charge in [0, 0.05) is 6.04 Å². The van der Waals surface area contributed by atoms with E-state index in [4.69, 9.17) is 0 Å². The number of halogens is 1. The number of tetrazole rings is 1. The van der Waals surface area contributed by atoms with Crippen LogP contribution < -0.4 is 5.32 Å². The second-order valence-electron chi connectivity index (χ2n) is 5.42. The molecule has 1 heterocycles. The molecule has 0 saturated heterocycles. The van der Waals surface area contributed by atoms with Gasteiger partial charge >= 0.3 is 0 Å². The van der Waals surface area contributed by atoms with Crippen LogP contribution in [0.5, 0.6) is 0 Å². The smallest absolute Gasteiger partial charge is 0.146 e. The van der Waals surface area contributed by atoms with Crippen molar-refractivity contribution in [2.45, 2.75) is 46.1 Å². The van der Waals surface area contributed by atoms with Gasteiger partial charge in [0.2, 0.25) is 0 Å². The Labute approximate surface area is 124 Å². The highest BCUT2D eigenvalue weighted by atomic mass is 19.1. The molecule has 2 unspecified atom stereocenters. The summed E-state index contributed by atoms with van der Waals surface area (Å²) >= 11 is 0. The van der Waals surface area contributed by atoms with Crippen LogP contribution >= 0.6 is 0 Å². The van der Waals surface area contributed by atoms with Gasteiger partial charge < -0.3 is 5.32 Å². The largest absolute Gasteiger partial charge is 0.380 e. The zero-order chi connectivity index (χ0) is 15.2. The lowest BCUT2D eigenvalue weighted by Crippen LogP contribution is -2.22. The van der Waals surface area contributed by atoms with Crippen molar-refractivity contribution in [2.24, 2.45) is 5.92 Å². The quantitative estimate of drug-likeness (QED) is 0.849. The van der Waals surface area contributed by atoms with Gasteiger partial charge in [0.25, 0.3) is 0 Å². The average Bonchev–Trinajstić information content (AvgIpc) is 3.02. The predicted octanol–water partition coefficient (Wildman–Crippen LogP) is 3.43. The molecular formula is C15H22FN5. The minimum absolute atomic E-state index is 0.255. The summed E-state index contributed by atoms with van der Waals surface area (Å²) in [6.07, 6.45) is 4.61. The molecule has 0 spiro atoms. The fraction of sp³-hybridized carbons (Fsp3) is 0.533. The molecule has 1 aromatic heterocycles. The fourth-order valence-electron chi connectivity index (χ4n) is 2.25. The number of benzene rings is 1. The monoisotopic (exact) mass is 291 g/mol. The van der Waals surface area contributed by atoms with Crippen LogP contribution in [0.3, 0.4) is 0 Å². The standard InChI is InChI=1S/C15H22FN5/c1-4-11(3)8-12(5-2)18-15-9-13(6-7-14(15)16)21-10-17-19-20-21/h6-7,9-12,18H,4-5,8H2,1-3H3. The first-order chi connectivity index (χ1) is 10.1. The van der Waals surface area contributed by atoms with E-state index in [0.29, 0.717) is 11.6 Å². The van der Waals surface area contributed by atoms with Crippen molar-refractivity contribution >= 4 is 5.69 Å². The third-order valence-electron chi connectivity index (χ3n) is 3.80. The van der Waals surface area contributed by atoms with Crippen LogP contribution in [0.25, 0.3) is 5.69 Å². The maximum absolute atomic E-state index is 14.0. The van der Waals surface area contributed by atoms with Gasteiger partial charge in [-0.05, 0) is 47.4 Å². The highest BCUT2D eigenvalue weighted by molar-refractivity contribution is 5.52. The summed E-state index contributed by atoms with van der Waals surface area (Å²) in [5.74, 6) is 0.364. The van der Waals surface area contributed by atoms with E-state index in [1.807, 2.05) is 0 Å². The van der Waals surface area contributed by atoms with Gasteiger partial charge in [0.1, 0.15) is 12.1 Å². The van der Waals surface area contributed by atoms with Crippen molar-refractivity contribution in [3.8, 4) is 5.69 Å². The van der Waals surface area contributed by atoms with Gasteiger partial charge in [-0.25, -0.2) is 9.07 Å². The molecule has 0 fully saturated rings. The summed E-state index contributed by atoms with van der Waals surface area (Å²) in [5.41, 5.74) is 1.24. The van der Waals surface area contributed by atoms with Crippen molar-refractivity contribution in [3.05, 3.63) is 30.3 Å². The van der Waals surface area contributed by atoms with E-state index < -0.39 is 0 Å². The molecule has 2 rings (SSSR count). The summed E-state index contributed by atoms with van der Waals surface area (Å²) in [6.45, 7) is 6.51. The average molecular weight is 291 g/mol. The van der Waals surface area contributed by atoms with Crippen molar-refractivity contribution in [1.29, 1.82) is 0 Å². The van der Waals surface area contributed by atoms with E-state index in [2.05, 4.69) is 41.6 Å². The number of aromatic nitrogens is 4. The number of rotatable bonds is 7. The van der Waals surface area contributed by atoms with Crippen LogP contribution in [-0.2, 0) is 0 Å². The zero-order valence-electron chi connectivity index (χ0n) is 12.8.